The van der Waals surface area contributed by atoms with E-state index in [2.05, 4.69) is 53.4 Å². The predicted molar refractivity (Wildman–Crippen MR) is 107 cm³/mol. The van der Waals surface area contributed by atoms with Crippen molar-refractivity contribution in [1.82, 2.24) is 4.90 Å². The molecule has 2 heterocycles. The van der Waals surface area contributed by atoms with Crippen LogP contribution in [0.25, 0.3) is 10.8 Å². The van der Waals surface area contributed by atoms with Crippen molar-refractivity contribution in [1.29, 1.82) is 0 Å². The van der Waals surface area contributed by atoms with Gasteiger partial charge in [-0.2, -0.15) is 0 Å². The molecule has 0 amide bonds. The third kappa shape index (κ3) is 3.37. The Morgan fingerprint density at radius 1 is 1.08 bits per heavy atom. The number of aliphatic carboxylic acids is 1. The van der Waals surface area contributed by atoms with Crippen LogP contribution < -0.4 is 0 Å². The number of hydrogen-bond donors (Lipinski definition) is 1. The number of nitrogens with zero attached hydrogens (tertiary/aromatic N) is 1. The fourth-order valence-corrected chi connectivity index (χ4v) is 5.11. The van der Waals surface area contributed by atoms with E-state index in [0.717, 1.165) is 17.4 Å². The second-order valence-corrected chi connectivity index (χ2v) is 8.51. The fraction of sp³-hybridized carbons (Fsp3) is 0.286. The highest BCUT2D eigenvalue weighted by molar-refractivity contribution is 7.16. The lowest BCUT2D eigenvalue weighted by molar-refractivity contribution is -0.143. The van der Waals surface area contributed by atoms with Crippen molar-refractivity contribution in [3.63, 3.8) is 0 Å². The SMILES string of the molecule is O=C(O)C1CCN(C(c2ccc(Cl)s2)c2cccc3ccccc23)CC1. The van der Waals surface area contributed by atoms with Crippen LogP contribution in [-0.2, 0) is 4.79 Å². The number of fused-ring (bicyclic) bond motifs is 1. The van der Waals surface area contributed by atoms with Gasteiger partial charge in [-0.15, -0.1) is 11.3 Å². The number of halogens is 1. The molecule has 5 heteroatoms. The summed E-state index contributed by atoms with van der Waals surface area (Å²) in [6, 6.07) is 19.0. The van der Waals surface area contributed by atoms with Crippen LogP contribution in [0.5, 0.6) is 0 Å². The monoisotopic (exact) mass is 385 g/mol. The summed E-state index contributed by atoms with van der Waals surface area (Å²) in [5, 5.41) is 11.8. The molecule has 134 valence electrons. The van der Waals surface area contributed by atoms with E-state index in [1.807, 2.05) is 6.07 Å². The van der Waals surface area contributed by atoms with Gasteiger partial charge < -0.3 is 5.11 Å². The lowest BCUT2D eigenvalue weighted by Crippen LogP contribution is -2.39. The van der Waals surface area contributed by atoms with Crippen molar-refractivity contribution >= 4 is 39.7 Å². The Kier molecular flexibility index (Phi) is 4.98. The third-order valence-corrected chi connectivity index (χ3v) is 6.51. The van der Waals surface area contributed by atoms with Crippen LogP contribution in [-0.4, -0.2) is 29.1 Å². The molecular formula is C21H20ClNO2S. The number of likely N-dealkylation sites (tertiary alicyclic amines) is 1. The summed E-state index contributed by atoms with van der Waals surface area (Å²) in [6.07, 6.45) is 1.38. The van der Waals surface area contributed by atoms with E-state index in [1.54, 1.807) is 11.3 Å². The van der Waals surface area contributed by atoms with E-state index in [4.69, 9.17) is 11.6 Å². The molecule has 1 atom stereocenters. The highest BCUT2D eigenvalue weighted by atomic mass is 35.5. The van der Waals surface area contributed by atoms with Crippen LogP contribution >= 0.6 is 22.9 Å². The zero-order chi connectivity index (χ0) is 18.1. The van der Waals surface area contributed by atoms with Gasteiger partial charge in [0.2, 0.25) is 0 Å². The van der Waals surface area contributed by atoms with Gasteiger partial charge >= 0.3 is 5.97 Å². The highest BCUT2D eigenvalue weighted by Crippen LogP contribution is 2.39. The van der Waals surface area contributed by atoms with Crippen molar-refractivity contribution in [3.8, 4) is 0 Å². The molecule has 1 unspecified atom stereocenters. The zero-order valence-electron chi connectivity index (χ0n) is 14.3. The summed E-state index contributed by atoms with van der Waals surface area (Å²) in [5.74, 6) is -0.906. The number of carbonyl (C=O) groups is 1. The molecule has 3 nitrogen and oxygen atoms in total. The molecule has 26 heavy (non-hydrogen) atoms. The lowest BCUT2D eigenvalue weighted by Gasteiger charge is -2.36. The number of carboxylic acids is 1. The Labute approximate surface area is 161 Å². The first kappa shape index (κ1) is 17.5. The summed E-state index contributed by atoms with van der Waals surface area (Å²) in [4.78, 5) is 14.9. The first-order valence-electron chi connectivity index (χ1n) is 8.83. The summed E-state index contributed by atoms with van der Waals surface area (Å²) in [7, 11) is 0. The molecule has 1 fully saturated rings. The molecule has 0 radical (unpaired) electrons. The topological polar surface area (TPSA) is 40.5 Å². The summed E-state index contributed by atoms with van der Waals surface area (Å²) in [6.45, 7) is 1.56. The lowest BCUT2D eigenvalue weighted by atomic mass is 9.92. The molecular weight excluding hydrogens is 366 g/mol. The first-order valence-corrected chi connectivity index (χ1v) is 10.0. The van der Waals surface area contributed by atoms with Crippen LogP contribution in [0.15, 0.2) is 54.6 Å². The van der Waals surface area contributed by atoms with Gasteiger partial charge in [-0.05, 0) is 54.4 Å². The molecule has 0 aliphatic carbocycles. The molecule has 2 aromatic carbocycles. The molecule has 0 saturated carbocycles. The minimum Gasteiger partial charge on any atom is -0.481 e. The average Bonchev–Trinajstić information content (AvgIpc) is 3.08. The fourth-order valence-electron chi connectivity index (χ4n) is 3.90. The zero-order valence-corrected chi connectivity index (χ0v) is 15.8. The molecule has 0 bridgehead atoms. The van der Waals surface area contributed by atoms with Crippen LogP contribution in [0.1, 0.15) is 29.3 Å². The number of hydrogen-bond acceptors (Lipinski definition) is 3. The van der Waals surface area contributed by atoms with Crippen molar-refractivity contribution in [2.75, 3.05) is 13.1 Å². The Morgan fingerprint density at radius 3 is 2.50 bits per heavy atom. The average molecular weight is 386 g/mol. The molecule has 1 N–H and O–H groups in total. The molecule has 1 aromatic heterocycles. The number of carboxylic acid groups (broad SMARTS) is 1. The minimum absolute atomic E-state index is 0.105. The van der Waals surface area contributed by atoms with Gasteiger partial charge in [0.1, 0.15) is 0 Å². The maximum atomic E-state index is 11.3. The van der Waals surface area contributed by atoms with Crippen molar-refractivity contribution in [2.24, 2.45) is 5.92 Å². The molecule has 4 rings (SSSR count). The van der Waals surface area contributed by atoms with E-state index in [-0.39, 0.29) is 12.0 Å². The largest absolute Gasteiger partial charge is 0.481 e. The van der Waals surface area contributed by atoms with Crippen molar-refractivity contribution in [2.45, 2.75) is 18.9 Å². The van der Waals surface area contributed by atoms with E-state index in [1.165, 1.54) is 21.2 Å². The van der Waals surface area contributed by atoms with E-state index >= 15 is 0 Å². The number of piperidine rings is 1. The van der Waals surface area contributed by atoms with Gasteiger partial charge in [-0.25, -0.2) is 0 Å². The first-order chi connectivity index (χ1) is 12.6. The molecule has 3 aromatic rings. The van der Waals surface area contributed by atoms with Crippen LogP contribution in [0.3, 0.4) is 0 Å². The van der Waals surface area contributed by atoms with Crippen LogP contribution in [0.2, 0.25) is 4.34 Å². The summed E-state index contributed by atoms with van der Waals surface area (Å²) < 4.78 is 0.783. The van der Waals surface area contributed by atoms with Crippen LogP contribution in [0.4, 0.5) is 0 Å². The second kappa shape index (κ2) is 7.39. The molecule has 1 saturated heterocycles. The quantitative estimate of drug-likeness (QED) is 0.650. The van der Waals surface area contributed by atoms with E-state index in [9.17, 15) is 9.90 Å². The minimum atomic E-state index is -0.675. The number of rotatable bonds is 4. The Bertz CT molecular complexity index is 925. The molecule has 0 spiro atoms. The maximum Gasteiger partial charge on any atom is 0.306 e. The molecule has 1 aliphatic rings. The van der Waals surface area contributed by atoms with Gasteiger partial charge in [-0.3, -0.25) is 9.69 Å². The van der Waals surface area contributed by atoms with Gasteiger partial charge in [0, 0.05) is 4.88 Å². The number of benzene rings is 2. The molecule has 1 aliphatic heterocycles. The van der Waals surface area contributed by atoms with Crippen LogP contribution in [0, 0.1) is 5.92 Å². The van der Waals surface area contributed by atoms with E-state index < -0.39 is 5.97 Å². The Hall–Kier alpha value is -1.88. The smallest absolute Gasteiger partial charge is 0.306 e. The second-order valence-electron chi connectivity index (χ2n) is 6.76. The standard InChI is InChI=1S/C21H20ClNO2S/c22-19-9-8-18(26-19)20(23-12-10-15(11-13-23)21(24)25)17-7-3-5-14-4-1-2-6-16(14)17/h1-9,15,20H,10-13H2,(H,24,25). The normalized spacial score (nSPS) is 17.4. The summed E-state index contributed by atoms with van der Waals surface area (Å²) in [5.41, 5.74) is 1.26. The van der Waals surface area contributed by atoms with Crippen molar-refractivity contribution in [3.05, 3.63) is 69.4 Å². The van der Waals surface area contributed by atoms with Crippen molar-refractivity contribution < 1.29 is 9.90 Å². The summed E-state index contributed by atoms with van der Waals surface area (Å²) >= 11 is 7.84. The highest BCUT2D eigenvalue weighted by Gasteiger charge is 2.31. The van der Waals surface area contributed by atoms with Gasteiger partial charge in [0.05, 0.1) is 16.3 Å². The van der Waals surface area contributed by atoms with Gasteiger partial charge in [-0.1, -0.05) is 54.1 Å². The third-order valence-electron chi connectivity index (χ3n) is 5.23. The number of thiophene rings is 1. The maximum absolute atomic E-state index is 11.3. The van der Waals surface area contributed by atoms with Gasteiger partial charge in [0.15, 0.2) is 0 Å². The predicted octanol–water partition coefficient (Wildman–Crippen LogP) is 5.44. The Balaban J connectivity index is 1.76. The van der Waals surface area contributed by atoms with E-state index in [0.29, 0.717) is 12.8 Å². The Morgan fingerprint density at radius 2 is 1.81 bits per heavy atom. The van der Waals surface area contributed by atoms with Gasteiger partial charge in [0.25, 0.3) is 0 Å².